The fourth-order valence-corrected chi connectivity index (χ4v) is 2.23. The first-order valence-corrected chi connectivity index (χ1v) is 6.14. The summed E-state index contributed by atoms with van der Waals surface area (Å²) in [6.45, 7) is 2.68. The van der Waals surface area contributed by atoms with Gasteiger partial charge < -0.3 is 4.74 Å². The first-order chi connectivity index (χ1) is 8.73. The zero-order chi connectivity index (χ0) is 12.6. The third kappa shape index (κ3) is 1.85. The molecule has 1 atom stereocenters. The van der Waals surface area contributed by atoms with Crippen LogP contribution in [0.2, 0.25) is 0 Å². The van der Waals surface area contributed by atoms with Crippen molar-refractivity contribution in [3.8, 4) is 0 Å². The molecule has 1 aromatic rings. The summed E-state index contributed by atoms with van der Waals surface area (Å²) < 4.78 is 5.50. The quantitative estimate of drug-likeness (QED) is 0.602. The lowest BCUT2D eigenvalue weighted by molar-refractivity contribution is 0.324. The van der Waals surface area contributed by atoms with Gasteiger partial charge in [0, 0.05) is 5.56 Å². The highest BCUT2D eigenvalue weighted by Crippen LogP contribution is 2.49. The van der Waals surface area contributed by atoms with Crippen LogP contribution in [0.15, 0.2) is 34.3 Å². The fourth-order valence-electron chi connectivity index (χ4n) is 2.23. The van der Waals surface area contributed by atoms with Crippen LogP contribution in [0, 0.1) is 0 Å². The van der Waals surface area contributed by atoms with Gasteiger partial charge in [-0.3, -0.25) is 0 Å². The standard InChI is InChI=1S/C14H14N2O2/c1-10-8-18-13(16-10)11-2-4-12(5-3-11)14(6-7-14)15-9-17/h2-5,10H,6-8H2,1H3. The zero-order valence-corrected chi connectivity index (χ0v) is 10.2. The number of nitrogens with zero attached hydrogens (tertiary/aromatic N) is 2. The summed E-state index contributed by atoms with van der Waals surface area (Å²) in [7, 11) is 0. The first-order valence-electron chi connectivity index (χ1n) is 6.14. The highest BCUT2D eigenvalue weighted by Gasteiger charge is 2.44. The van der Waals surface area contributed by atoms with Gasteiger partial charge in [-0.05, 0) is 37.5 Å². The number of carbonyl (C=O) groups excluding carboxylic acids is 1. The minimum Gasteiger partial charge on any atom is -0.475 e. The second kappa shape index (κ2) is 4.07. The Labute approximate surface area is 105 Å². The molecule has 2 aliphatic rings. The molecule has 0 amide bonds. The Bertz CT molecular complexity index is 537. The van der Waals surface area contributed by atoms with Crippen molar-refractivity contribution in [1.82, 2.24) is 0 Å². The molecule has 3 rings (SSSR count). The van der Waals surface area contributed by atoms with Crippen LogP contribution in [-0.4, -0.2) is 24.6 Å². The second-order valence-electron chi connectivity index (χ2n) is 4.91. The SMILES string of the molecule is CC1COC(c2ccc(C3(N=C=O)CC3)cc2)=N1. The van der Waals surface area contributed by atoms with E-state index in [1.54, 1.807) is 6.08 Å². The minimum absolute atomic E-state index is 0.231. The van der Waals surface area contributed by atoms with Crippen LogP contribution in [0.4, 0.5) is 0 Å². The van der Waals surface area contributed by atoms with Crippen molar-refractivity contribution in [2.75, 3.05) is 6.61 Å². The van der Waals surface area contributed by atoms with Crippen molar-refractivity contribution in [3.05, 3.63) is 35.4 Å². The highest BCUT2D eigenvalue weighted by molar-refractivity contribution is 5.95. The second-order valence-corrected chi connectivity index (χ2v) is 4.91. The molecule has 92 valence electrons. The molecule has 0 aromatic heterocycles. The van der Waals surface area contributed by atoms with Crippen molar-refractivity contribution in [2.45, 2.75) is 31.3 Å². The molecule has 18 heavy (non-hydrogen) atoms. The smallest absolute Gasteiger partial charge is 0.235 e. The molecule has 0 bridgehead atoms. The Morgan fingerprint density at radius 1 is 1.39 bits per heavy atom. The van der Waals surface area contributed by atoms with Gasteiger partial charge in [-0.25, -0.2) is 9.79 Å². The maximum absolute atomic E-state index is 10.4. The van der Waals surface area contributed by atoms with Gasteiger partial charge in [0.1, 0.15) is 6.61 Å². The lowest BCUT2D eigenvalue weighted by Crippen LogP contribution is -2.05. The molecular weight excluding hydrogens is 228 g/mol. The summed E-state index contributed by atoms with van der Waals surface area (Å²) in [4.78, 5) is 18.7. The van der Waals surface area contributed by atoms with Crippen LogP contribution in [0.25, 0.3) is 0 Å². The zero-order valence-electron chi connectivity index (χ0n) is 10.2. The monoisotopic (exact) mass is 242 g/mol. The van der Waals surface area contributed by atoms with Gasteiger partial charge in [0.05, 0.1) is 11.6 Å². The van der Waals surface area contributed by atoms with Crippen LogP contribution in [0.3, 0.4) is 0 Å². The molecule has 1 aliphatic carbocycles. The third-order valence-electron chi connectivity index (χ3n) is 3.45. The normalized spacial score (nSPS) is 23.8. The molecular formula is C14H14N2O2. The van der Waals surface area contributed by atoms with E-state index in [1.165, 1.54) is 0 Å². The summed E-state index contributed by atoms with van der Waals surface area (Å²) in [5.41, 5.74) is 1.75. The van der Waals surface area contributed by atoms with Gasteiger partial charge in [-0.2, -0.15) is 4.99 Å². The number of aliphatic imine (C=N–C) groups is 2. The number of hydrogen-bond acceptors (Lipinski definition) is 4. The number of benzene rings is 1. The summed E-state index contributed by atoms with van der Waals surface area (Å²) in [5.74, 6) is 0.706. The molecule has 0 radical (unpaired) electrons. The Morgan fingerprint density at radius 3 is 2.61 bits per heavy atom. The Hall–Kier alpha value is -1.93. The van der Waals surface area contributed by atoms with Crippen LogP contribution in [0.1, 0.15) is 30.9 Å². The fraction of sp³-hybridized carbons (Fsp3) is 0.429. The van der Waals surface area contributed by atoms with Crippen LogP contribution >= 0.6 is 0 Å². The summed E-state index contributed by atoms with van der Waals surface area (Å²) in [6.07, 6.45) is 3.52. The Morgan fingerprint density at radius 2 is 2.11 bits per heavy atom. The molecule has 0 saturated heterocycles. The van der Waals surface area contributed by atoms with Crippen molar-refractivity contribution in [1.29, 1.82) is 0 Å². The third-order valence-corrected chi connectivity index (χ3v) is 3.45. The van der Waals surface area contributed by atoms with E-state index in [9.17, 15) is 4.79 Å². The molecule has 4 heteroatoms. The van der Waals surface area contributed by atoms with Crippen molar-refractivity contribution < 1.29 is 9.53 Å². The van der Waals surface area contributed by atoms with Crippen LogP contribution in [-0.2, 0) is 15.1 Å². The number of isocyanates is 1. The Balaban J connectivity index is 1.86. The molecule has 4 nitrogen and oxygen atoms in total. The van der Waals surface area contributed by atoms with E-state index in [0.29, 0.717) is 12.5 Å². The number of ether oxygens (including phenoxy) is 1. The predicted octanol–water partition coefficient (Wildman–Crippen LogP) is 2.18. The van der Waals surface area contributed by atoms with Crippen molar-refractivity contribution in [2.24, 2.45) is 9.98 Å². The lowest BCUT2D eigenvalue weighted by Gasteiger charge is -2.08. The van der Waals surface area contributed by atoms with E-state index in [-0.39, 0.29) is 11.6 Å². The summed E-state index contributed by atoms with van der Waals surface area (Å²) in [6, 6.07) is 8.18. The van der Waals surface area contributed by atoms with E-state index < -0.39 is 0 Å². The van der Waals surface area contributed by atoms with Crippen molar-refractivity contribution >= 4 is 12.0 Å². The summed E-state index contributed by atoms with van der Waals surface area (Å²) in [5, 5.41) is 0. The van der Waals surface area contributed by atoms with Gasteiger partial charge in [0.15, 0.2) is 0 Å². The molecule has 1 heterocycles. The number of rotatable bonds is 3. The molecule has 1 aliphatic heterocycles. The van der Waals surface area contributed by atoms with E-state index >= 15 is 0 Å². The van der Waals surface area contributed by atoms with E-state index in [2.05, 4.69) is 9.98 Å². The van der Waals surface area contributed by atoms with Gasteiger partial charge in [0.25, 0.3) is 0 Å². The van der Waals surface area contributed by atoms with Crippen molar-refractivity contribution in [3.63, 3.8) is 0 Å². The molecule has 1 aromatic carbocycles. The van der Waals surface area contributed by atoms with Crippen LogP contribution in [0.5, 0.6) is 0 Å². The number of hydrogen-bond donors (Lipinski definition) is 0. The van der Waals surface area contributed by atoms with Gasteiger partial charge in [-0.1, -0.05) is 12.1 Å². The molecule has 1 fully saturated rings. The Kier molecular flexibility index (Phi) is 2.53. The topological polar surface area (TPSA) is 51.0 Å². The van der Waals surface area contributed by atoms with Gasteiger partial charge >= 0.3 is 0 Å². The molecule has 1 unspecified atom stereocenters. The van der Waals surface area contributed by atoms with Gasteiger partial charge in [-0.15, -0.1) is 0 Å². The lowest BCUT2D eigenvalue weighted by atomic mass is 10.0. The van der Waals surface area contributed by atoms with E-state index in [1.807, 2.05) is 31.2 Å². The molecule has 1 saturated carbocycles. The average Bonchev–Trinajstić information content (AvgIpc) is 3.04. The minimum atomic E-state index is -0.300. The van der Waals surface area contributed by atoms with Crippen LogP contribution < -0.4 is 0 Å². The van der Waals surface area contributed by atoms with E-state index in [0.717, 1.165) is 24.0 Å². The molecule has 0 spiro atoms. The summed E-state index contributed by atoms with van der Waals surface area (Å²) >= 11 is 0. The maximum Gasteiger partial charge on any atom is 0.235 e. The maximum atomic E-state index is 10.4. The van der Waals surface area contributed by atoms with E-state index in [4.69, 9.17) is 4.74 Å². The average molecular weight is 242 g/mol. The highest BCUT2D eigenvalue weighted by atomic mass is 16.5. The first kappa shape index (κ1) is 11.2. The van der Waals surface area contributed by atoms with Gasteiger partial charge in [0.2, 0.25) is 12.0 Å². The largest absolute Gasteiger partial charge is 0.475 e. The predicted molar refractivity (Wildman–Crippen MR) is 67.4 cm³/mol. The molecule has 0 N–H and O–H groups in total.